The minimum absolute atomic E-state index is 0.584. The number of aromatic amines is 1. The molecule has 5 nitrogen and oxygen atoms in total. The topological polar surface area (TPSA) is 69.2 Å². The minimum atomic E-state index is 0.584. The molecule has 0 saturated carbocycles. The average molecular weight is 276 g/mol. The van der Waals surface area contributed by atoms with Crippen molar-refractivity contribution in [1.82, 2.24) is 15.5 Å². The minimum Gasteiger partial charge on any atom is -0.192 e. The second-order valence-corrected chi connectivity index (χ2v) is 4.86. The molecule has 0 aliphatic carbocycles. The standard InChI is InChI=1S/C16H13N5/c1-11-6-3-4-9-14(11)16-18-19-20-21(16)15-12(2)7-5-8-13(15)10-17/h3-9H,1-2H3/p+1. The summed E-state index contributed by atoms with van der Waals surface area (Å²) < 4.78 is 1.76. The summed E-state index contributed by atoms with van der Waals surface area (Å²) in [6.45, 7) is 3.99. The number of nitrogens with one attached hydrogen (secondary N) is 1. The Bertz CT molecular complexity index is 842. The number of rotatable bonds is 2. The van der Waals surface area contributed by atoms with Crippen LogP contribution in [0.3, 0.4) is 0 Å². The maximum absolute atomic E-state index is 9.34. The summed E-state index contributed by atoms with van der Waals surface area (Å²) in [4.78, 5) is 0. The maximum atomic E-state index is 9.34. The second kappa shape index (κ2) is 5.17. The number of tetrazole rings is 1. The molecule has 0 bridgehead atoms. The lowest BCUT2D eigenvalue weighted by molar-refractivity contribution is -0.650. The van der Waals surface area contributed by atoms with E-state index in [0.717, 1.165) is 22.4 Å². The molecular formula is C16H14N5+. The van der Waals surface area contributed by atoms with E-state index in [1.807, 2.05) is 50.2 Å². The van der Waals surface area contributed by atoms with Crippen molar-refractivity contribution in [1.29, 1.82) is 5.26 Å². The van der Waals surface area contributed by atoms with Gasteiger partial charge in [-0.1, -0.05) is 35.5 Å². The van der Waals surface area contributed by atoms with Crippen molar-refractivity contribution in [3.05, 3.63) is 59.2 Å². The number of nitrogens with zero attached hydrogens (tertiary/aromatic N) is 4. The lowest BCUT2D eigenvalue weighted by atomic mass is 10.1. The van der Waals surface area contributed by atoms with Gasteiger partial charge in [-0.25, -0.2) is 0 Å². The van der Waals surface area contributed by atoms with Gasteiger partial charge in [-0.05, 0) is 37.1 Å². The van der Waals surface area contributed by atoms with Gasteiger partial charge in [0.1, 0.15) is 16.9 Å². The van der Waals surface area contributed by atoms with Gasteiger partial charge >= 0.3 is 5.82 Å². The van der Waals surface area contributed by atoms with E-state index in [0.29, 0.717) is 11.4 Å². The van der Waals surface area contributed by atoms with E-state index < -0.39 is 0 Å². The van der Waals surface area contributed by atoms with Gasteiger partial charge in [0.2, 0.25) is 0 Å². The van der Waals surface area contributed by atoms with Crippen molar-refractivity contribution in [3.8, 4) is 23.1 Å². The molecular weight excluding hydrogens is 262 g/mol. The van der Waals surface area contributed by atoms with E-state index in [9.17, 15) is 5.26 Å². The number of hydrogen-bond donors (Lipinski definition) is 1. The smallest absolute Gasteiger partial charge is 0.192 e. The Hall–Kier alpha value is -3.00. The average Bonchev–Trinajstić information content (AvgIpc) is 2.96. The van der Waals surface area contributed by atoms with E-state index in [-0.39, 0.29) is 0 Å². The third kappa shape index (κ3) is 2.17. The van der Waals surface area contributed by atoms with Crippen LogP contribution in [0.1, 0.15) is 16.7 Å². The van der Waals surface area contributed by atoms with Gasteiger partial charge in [0.05, 0.1) is 11.1 Å². The number of H-pyrrole nitrogens is 1. The SMILES string of the molecule is Cc1ccccc1-c1nn[nH][n+]1-c1c(C)cccc1C#N. The van der Waals surface area contributed by atoms with Gasteiger partial charge < -0.3 is 0 Å². The number of hydrogen-bond acceptors (Lipinski definition) is 3. The van der Waals surface area contributed by atoms with Crippen LogP contribution in [0.5, 0.6) is 0 Å². The van der Waals surface area contributed by atoms with Crippen LogP contribution in [0.15, 0.2) is 42.5 Å². The molecule has 0 fully saturated rings. The van der Waals surface area contributed by atoms with Gasteiger partial charge in [0.25, 0.3) is 0 Å². The Labute approximate surface area is 122 Å². The third-order valence-corrected chi connectivity index (χ3v) is 3.47. The highest BCUT2D eigenvalue weighted by atomic mass is 15.5. The van der Waals surface area contributed by atoms with Gasteiger partial charge in [0, 0.05) is 0 Å². The molecule has 0 saturated heterocycles. The van der Waals surface area contributed by atoms with Gasteiger partial charge in [-0.15, -0.1) is 4.68 Å². The summed E-state index contributed by atoms with van der Waals surface area (Å²) in [6, 6.07) is 15.8. The van der Waals surface area contributed by atoms with Gasteiger partial charge in [-0.3, -0.25) is 0 Å². The first-order valence-corrected chi connectivity index (χ1v) is 6.61. The normalized spacial score (nSPS) is 10.3. The number of aryl methyl sites for hydroxylation is 2. The summed E-state index contributed by atoms with van der Waals surface area (Å²) in [5, 5.41) is 20.3. The van der Waals surface area contributed by atoms with E-state index in [1.165, 1.54) is 0 Å². The highest BCUT2D eigenvalue weighted by Crippen LogP contribution is 2.20. The Morgan fingerprint density at radius 1 is 1.05 bits per heavy atom. The van der Waals surface area contributed by atoms with Crippen LogP contribution in [0, 0.1) is 25.2 Å². The maximum Gasteiger partial charge on any atom is 0.337 e. The van der Waals surface area contributed by atoms with Crippen LogP contribution in [0.4, 0.5) is 0 Å². The number of aromatic nitrogens is 4. The molecule has 0 aliphatic heterocycles. The van der Waals surface area contributed by atoms with Crippen LogP contribution in [0.25, 0.3) is 17.1 Å². The van der Waals surface area contributed by atoms with Crippen LogP contribution >= 0.6 is 0 Å². The molecule has 0 spiro atoms. The Kier molecular flexibility index (Phi) is 3.20. The van der Waals surface area contributed by atoms with E-state index >= 15 is 0 Å². The largest absolute Gasteiger partial charge is 0.337 e. The molecule has 0 unspecified atom stereocenters. The summed E-state index contributed by atoms with van der Waals surface area (Å²) in [5.41, 5.74) is 4.44. The molecule has 1 N–H and O–H groups in total. The van der Waals surface area contributed by atoms with Gasteiger partial charge in [0.15, 0.2) is 5.21 Å². The van der Waals surface area contributed by atoms with Crippen LogP contribution < -0.4 is 4.68 Å². The zero-order valence-corrected chi connectivity index (χ0v) is 11.8. The Balaban J connectivity index is 2.27. The molecule has 1 aromatic heterocycles. The lowest BCUT2D eigenvalue weighted by Crippen LogP contribution is -2.37. The molecule has 0 aliphatic rings. The molecule has 0 radical (unpaired) electrons. The quantitative estimate of drug-likeness (QED) is 0.730. The summed E-state index contributed by atoms with van der Waals surface area (Å²) in [6.07, 6.45) is 0. The van der Waals surface area contributed by atoms with Crippen LogP contribution in [0.2, 0.25) is 0 Å². The van der Waals surface area contributed by atoms with Crippen molar-refractivity contribution in [2.24, 2.45) is 0 Å². The molecule has 102 valence electrons. The van der Waals surface area contributed by atoms with Crippen LogP contribution in [-0.2, 0) is 0 Å². The molecule has 1 heterocycles. The molecule has 5 heteroatoms. The molecule has 3 aromatic rings. The van der Waals surface area contributed by atoms with Crippen LogP contribution in [-0.4, -0.2) is 15.5 Å². The third-order valence-electron chi connectivity index (χ3n) is 3.47. The first kappa shape index (κ1) is 13.0. The Morgan fingerprint density at radius 2 is 1.81 bits per heavy atom. The first-order chi connectivity index (χ1) is 10.2. The molecule has 2 aromatic carbocycles. The molecule has 0 atom stereocenters. The van der Waals surface area contributed by atoms with Gasteiger partial charge in [-0.2, -0.15) is 5.26 Å². The number of nitriles is 1. The fourth-order valence-corrected chi connectivity index (χ4v) is 2.41. The summed E-state index contributed by atoms with van der Waals surface area (Å²) in [7, 11) is 0. The van der Waals surface area contributed by atoms with Crippen molar-refractivity contribution in [2.45, 2.75) is 13.8 Å². The van der Waals surface area contributed by atoms with Crippen molar-refractivity contribution in [3.63, 3.8) is 0 Å². The summed E-state index contributed by atoms with van der Waals surface area (Å²) in [5.74, 6) is 0.693. The molecule has 3 rings (SSSR count). The fraction of sp³-hybridized carbons (Fsp3) is 0.125. The molecule has 21 heavy (non-hydrogen) atoms. The zero-order valence-electron chi connectivity index (χ0n) is 11.8. The predicted molar refractivity (Wildman–Crippen MR) is 77.5 cm³/mol. The highest BCUT2D eigenvalue weighted by molar-refractivity contribution is 5.58. The van der Waals surface area contributed by atoms with E-state index in [1.54, 1.807) is 10.7 Å². The number of para-hydroxylation sites is 1. The van der Waals surface area contributed by atoms with E-state index in [4.69, 9.17) is 0 Å². The predicted octanol–water partition coefficient (Wildman–Crippen LogP) is 2.24. The van der Waals surface area contributed by atoms with E-state index in [2.05, 4.69) is 21.6 Å². The highest BCUT2D eigenvalue weighted by Gasteiger charge is 2.23. The zero-order chi connectivity index (χ0) is 14.8. The monoisotopic (exact) mass is 276 g/mol. The second-order valence-electron chi connectivity index (χ2n) is 4.86. The first-order valence-electron chi connectivity index (χ1n) is 6.61. The lowest BCUT2D eigenvalue weighted by Gasteiger charge is -2.06. The Morgan fingerprint density at radius 3 is 2.57 bits per heavy atom. The summed E-state index contributed by atoms with van der Waals surface area (Å²) >= 11 is 0. The number of benzene rings is 2. The van der Waals surface area contributed by atoms with Crippen molar-refractivity contribution in [2.75, 3.05) is 0 Å². The van der Waals surface area contributed by atoms with Crippen molar-refractivity contribution < 1.29 is 4.68 Å². The van der Waals surface area contributed by atoms with Crippen molar-refractivity contribution >= 4 is 0 Å². The fourth-order valence-electron chi connectivity index (χ4n) is 2.41. The molecule has 0 amide bonds.